The van der Waals surface area contributed by atoms with E-state index in [0.717, 1.165) is 17.7 Å². The van der Waals surface area contributed by atoms with E-state index in [1.807, 2.05) is 6.07 Å². The predicted molar refractivity (Wildman–Crippen MR) is 62.2 cm³/mol. The zero-order valence-electron chi connectivity index (χ0n) is 9.25. The Labute approximate surface area is 95.2 Å². The van der Waals surface area contributed by atoms with E-state index in [2.05, 4.69) is 22.8 Å². The summed E-state index contributed by atoms with van der Waals surface area (Å²) in [6.07, 6.45) is 3.79. The van der Waals surface area contributed by atoms with Crippen LogP contribution in [0.4, 0.5) is 0 Å². The molecule has 84 valence electrons. The number of benzene rings is 1. The fourth-order valence-electron chi connectivity index (χ4n) is 2.61. The molecule has 3 heteroatoms. The largest absolute Gasteiger partial charge is 0.348 e. The molecule has 2 aliphatic rings. The first-order valence-corrected chi connectivity index (χ1v) is 5.99. The first-order chi connectivity index (χ1) is 7.84. The van der Waals surface area contributed by atoms with Gasteiger partial charge in [0.1, 0.15) is 0 Å². The molecule has 3 nitrogen and oxygen atoms in total. The topological polar surface area (TPSA) is 41.1 Å². The monoisotopic (exact) mass is 216 g/mol. The summed E-state index contributed by atoms with van der Waals surface area (Å²) in [5, 5.41) is 6.39. The molecule has 1 aromatic rings. The molecule has 1 fully saturated rings. The quantitative estimate of drug-likeness (QED) is 0.751. The van der Waals surface area contributed by atoms with E-state index in [1.165, 1.54) is 24.8 Å². The molecule has 0 aliphatic carbocycles. The van der Waals surface area contributed by atoms with Gasteiger partial charge in [-0.25, -0.2) is 0 Å². The minimum absolute atomic E-state index is 0.0677. The number of hydrogen-bond acceptors (Lipinski definition) is 2. The molecular weight excluding hydrogens is 200 g/mol. The average Bonchev–Trinajstić information content (AvgIpc) is 2.72. The molecule has 0 unspecified atom stereocenters. The fourth-order valence-corrected chi connectivity index (χ4v) is 2.61. The van der Waals surface area contributed by atoms with Crippen molar-refractivity contribution < 1.29 is 4.79 Å². The number of carbonyl (C=O) groups is 1. The first kappa shape index (κ1) is 9.85. The highest BCUT2D eigenvalue weighted by molar-refractivity contribution is 5.98. The van der Waals surface area contributed by atoms with E-state index in [9.17, 15) is 4.79 Å². The molecule has 0 bridgehead atoms. The highest BCUT2D eigenvalue weighted by atomic mass is 16.1. The van der Waals surface area contributed by atoms with Crippen LogP contribution in [0.3, 0.4) is 0 Å². The van der Waals surface area contributed by atoms with Gasteiger partial charge in [-0.15, -0.1) is 0 Å². The second-order valence-electron chi connectivity index (χ2n) is 4.60. The lowest BCUT2D eigenvalue weighted by Crippen LogP contribution is -2.26. The van der Waals surface area contributed by atoms with Gasteiger partial charge >= 0.3 is 0 Å². The van der Waals surface area contributed by atoms with Crippen LogP contribution in [0.2, 0.25) is 0 Å². The minimum atomic E-state index is 0.0677. The fraction of sp³-hybridized carbons (Fsp3) is 0.462. The summed E-state index contributed by atoms with van der Waals surface area (Å²) < 4.78 is 0. The molecule has 3 rings (SSSR count). The Hall–Kier alpha value is -1.35. The second kappa shape index (κ2) is 3.91. The van der Waals surface area contributed by atoms with E-state index < -0.39 is 0 Å². The Balaban J connectivity index is 1.89. The van der Waals surface area contributed by atoms with Crippen LogP contribution in [-0.2, 0) is 6.54 Å². The van der Waals surface area contributed by atoms with Gasteiger partial charge in [-0.3, -0.25) is 4.79 Å². The molecule has 2 N–H and O–H groups in total. The van der Waals surface area contributed by atoms with Crippen LogP contribution in [0.25, 0.3) is 0 Å². The smallest absolute Gasteiger partial charge is 0.251 e. The summed E-state index contributed by atoms with van der Waals surface area (Å²) in [6.45, 7) is 1.80. The van der Waals surface area contributed by atoms with Crippen LogP contribution >= 0.6 is 0 Å². The number of hydrogen-bond donors (Lipinski definition) is 2. The standard InChI is InChI=1S/C13H16N2O/c16-13-11-5-4-9(7-10(11)8-15-13)12-3-1-2-6-14-12/h4-5,7,12,14H,1-3,6,8H2,(H,15,16)/t12-/m0/s1. The lowest BCUT2D eigenvalue weighted by atomic mass is 9.95. The van der Waals surface area contributed by atoms with Gasteiger partial charge in [0.25, 0.3) is 5.91 Å². The number of carbonyl (C=O) groups excluding carboxylic acids is 1. The summed E-state index contributed by atoms with van der Waals surface area (Å²) in [4.78, 5) is 11.4. The number of fused-ring (bicyclic) bond motifs is 1. The number of piperidine rings is 1. The van der Waals surface area contributed by atoms with Gasteiger partial charge in [0, 0.05) is 18.2 Å². The SMILES string of the molecule is O=C1NCc2cc([C@@H]3CCCCN3)ccc21. The third kappa shape index (κ3) is 1.61. The van der Waals surface area contributed by atoms with Gasteiger partial charge in [0.05, 0.1) is 0 Å². The Kier molecular flexibility index (Phi) is 2.40. The lowest BCUT2D eigenvalue weighted by Gasteiger charge is -2.24. The van der Waals surface area contributed by atoms with Crippen molar-refractivity contribution in [2.24, 2.45) is 0 Å². The molecule has 1 saturated heterocycles. The van der Waals surface area contributed by atoms with Crippen LogP contribution in [-0.4, -0.2) is 12.5 Å². The summed E-state index contributed by atoms with van der Waals surface area (Å²) in [5.41, 5.74) is 3.32. The lowest BCUT2D eigenvalue weighted by molar-refractivity contribution is 0.0966. The number of amides is 1. The molecule has 0 aromatic heterocycles. The van der Waals surface area contributed by atoms with Crippen molar-refractivity contribution in [1.29, 1.82) is 0 Å². The normalized spacial score (nSPS) is 24.0. The van der Waals surface area contributed by atoms with E-state index in [4.69, 9.17) is 0 Å². The van der Waals surface area contributed by atoms with Crippen molar-refractivity contribution >= 4 is 5.91 Å². The maximum atomic E-state index is 11.4. The van der Waals surface area contributed by atoms with E-state index in [0.29, 0.717) is 12.6 Å². The molecule has 1 aromatic carbocycles. The highest BCUT2D eigenvalue weighted by Gasteiger charge is 2.21. The molecule has 16 heavy (non-hydrogen) atoms. The van der Waals surface area contributed by atoms with Gasteiger partial charge in [-0.2, -0.15) is 0 Å². The Bertz CT molecular complexity index is 422. The molecule has 1 amide bonds. The maximum absolute atomic E-state index is 11.4. The third-order valence-electron chi connectivity index (χ3n) is 3.53. The van der Waals surface area contributed by atoms with E-state index in [-0.39, 0.29) is 5.91 Å². The van der Waals surface area contributed by atoms with Crippen molar-refractivity contribution in [3.05, 3.63) is 34.9 Å². The molecular formula is C13H16N2O. The number of nitrogens with one attached hydrogen (secondary N) is 2. The van der Waals surface area contributed by atoms with Crippen molar-refractivity contribution in [2.45, 2.75) is 31.8 Å². The maximum Gasteiger partial charge on any atom is 0.251 e. The average molecular weight is 216 g/mol. The van der Waals surface area contributed by atoms with E-state index in [1.54, 1.807) is 0 Å². The van der Waals surface area contributed by atoms with Gasteiger partial charge in [-0.05, 0) is 36.6 Å². The summed E-state index contributed by atoms with van der Waals surface area (Å²) in [7, 11) is 0. The van der Waals surface area contributed by atoms with Crippen LogP contribution in [0.1, 0.15) is 46.8 Å². The van der Waals surface area contributed by atoms with Gasteiger partial charge in [0.15, 0.2) is 0 Å². The summed E-state index contributed by atoms with van der Waals surface area (Å²) >= 11 is 0. The predicted octanol–water partition coefficient (Wildman–Crippen LogP) is 1.74. The van der Waals surface area contributed by atoms with Crippen molar-refractivity contribution in [3.63, 3.8) is 0 Å². The molecule has 2 heterocycles. The zero-order chi connectivity index (χ0) is 11.0. The number of rotatable bonds is 1. The van der Waals surface area contributed by atoms with Crippen LogP contribution in [0.15, 0.2) is 18.2 Å². The van der Waals surface area contributed by atoms with Crippen molar-refractivity contribution in [3.8, 4) is 0 Å². The minimum Gasteiger partial charge on any atom is -0.348 e. The summed E-state index contributed by atoms with van der Waals surface area (Å²) in [5.74, 6) is 0.0677. The molecule has 0 radical (unpaired) electrons. The Morgan fingerprint density at radius 2 is 2.19 bits per heavy atom. The molecule has 2 aliphatic heterocycles. The summed E-state index contributed by atoms with van der Waals surface area (Å²) in [6, 6.07) is 6.71. The van der Waals surface area contributed by atoms with Gasteiger partial charge in [0.2, 0.25) is 0 Å². The Morgan fingerprint density at radius 3 is 3.00 bits per heavy atom. The zero-order valence-corrected chi connectivity index (χ0v) is 9.25. The van der Waals surface area contributed by atoms with Gasteiger partial charge in [-0.1, -0.05) is 18.6 Å². The highest BCUT2D eigenvalue weighted by Crippen LogP contribution is 2.26. The molecule has 1 atom stereocenters. The third-order valence-corrected chi connectivity index (χ3v) is 3.53. The van der Waals surface area contributed by atoms with Crippen LogP contribution in [0, 0.1) is 0 Å². The van der Waals surface area contributed by atoms with Gasteiger partial charge < -0.3 is 10.6 Å². The molecule has 0 spiro atoms. The second-order valence-corrected chi connectivity index (χ2v) is 4.60. The van der Waals surface area contributed by atoms with Crippen LogP contribution < -0.4 is 10.6 Å². The van der Waals surface area contributed by atoms with Crippen LogP contribution in [0.5, 0.6) is 0 Å². The van der Waals surface area contributed by atoms with Crippen molar-refractivity contribution in [1.82, 2.24) is 10.6 Å². The Morgan fingerprint density at radius 1 is 1.25 bits per heavy atom. The molecule has 0 saturated carbocycles. The van der Waals surface area contributed by atoms with Crippen molar-refractivity contribution in [2.75, 3.05) is 6.54 Å². The first-order valence-electron chi connectivity index (χ1n) is 5.99. The van der Waals surface area contributed by atoms with E-state index >= 15 is 0 Å².